The molecule has 168 valence electrons. The Morgan fingerprint density at radius 3 is 2.53 bits per heavy atom. The van der Waals surface area contributed by atoms with Crippen LogP contribution >= 0.6 is 0 Å². The van der Waals surface area contributed by atoms with E-state index in [1.807, 2.05) is 0 Å². The molecule has 2 aromatic carbocycles. The summed E-state index contributed by atoms with van der Waals surface area (Å²) in [5, 5.41) is 11.8. The number of hydrogen-bond acceptors (Lipinski definition) is 5. The van der Waals surface area contributed by atoms with E-state index in [2.05, 4.69) is 15.5 Å². The summed E-state index contributed by atoms with van der Waals surface area (Å²) >= 11 is 0. The quantitative estimate of drug-likeness (QED) is 0.608. The van der Waals surface area contributed by atoms with Gasteiger partial charge in [-0.15, -0.1) is 5.10 Å². The highest BCUT2D eigenvalue weighted by atomic mass is 19.3. The molecule has 2 heterocycles. The molecule has 3 aromatic rings. The second-order valence-corrected chi connectivity index (χ2v) is 7.66. The highest BCUT2D eigenvalue weighted by molar-refractivity contribution is 6.09. The Labute approximate surface area is 192 Å². The van der Waals surface area contributed by atoms with Crippen molar-refractivity contribution in [3.8, 4) is 0 Å². The number of likely N-dealkylation sites (N-methyl/N-ethyl adjacent to an activating group) is 2. The van der Waals surface area contributed by atoms with Gasteiger partial charge in [-0.3, -0.25) is 4.79 Å². The number of anilines is 3. The summed E-state index contributed by atoms with van der Waals surface area (Å²) in [6.07, 6.45) is -3.01. The summed E-state index contributed by atoms with van der Waals surface area (Å²) in [7, 11) is 0. The summed E-state index contributed by atoms with van der Waals surface area (Å²) in [4.78, 5) is 14.5. The van der Waals surface area contributed by atoms with Crippen molar-refractivity contribution in [2.45, 2.75) is 39.3 Å². The number of hydrogen-bond donors (Lipinski definition) is 1. The highest BCUT2D eigenvalue weighted by Gasteiger charge is 2.32. The molecule has 0 radical (unpaired) electrons. The Bertz CT molecular complexity index is 1420. The van der Waals surface area contributed by atoms with Crippen molar-refractivity contribution in [1.82, 2.24) is 10.2 Å². The molecular formula is C23H24F3N5O. The number of aryl methyl sites for hydroxylation is 1. The maximum Gasteiger partial charge on any atom is 0.266 e. The molecule has 0 fully saturated rings. The Hall–Kier alpha value is -3.36. The number of alkyl halides is 2. The molecule has 0 bridgehead atoms. The lowest BCUT2D eigenvalue weighted by Gasteiger charge is -2.38. The van der Waals surface area contributed by atoms with Gasteiger partial charge in [-0.2, -0.15) is 5.10 Å². The fourth-order valence-electron chi connectivity index (χ4n) is 3.76. The van der Waals surface area contributed by atoms with Crippen molar-refractivity contribution in [2.75, 3.05) is 29.1 Å². The minimum atomic E-state index is -3.01. The number of carbonyl (C=O) groups is 1. The first kappa shape index (κ1) is 15.4. The number of halogens is 3. The minimum Gasteiger partial charge on any atom is -0.361 e. The van der Waals surface area contributed by atoms with Crippen LogP contribution in [0.4, 0.5) is 30.4 Å². The summed E-state index contributed by atoms with van der Waals surface area (Å²) in [6, 6.07) is 4.21. The second-order valence-electron chi connectivity index (χ2n) is 7.66. The van der Waals surface area contributed by atoms with Crippen LogP contribution in [0.15, 0.2) is 30.3 Å². The average Bonchev–Trinajstić information content (AvgIpc) is 2.79. The Kier molecular flexibility index (Phi) is 3.84. The number of benzene rings is 2. The fraction of sp³-hybridized carbons (Fsp3) is 0.348. The Morgan fingerprint density at radius 2 is 1.84 bits per heavy atom. The predicted molar refractivity (Wildman–Crippen MR) is 119 cm³/mol. The zero-order valence-corrected chi connectivity index (χ0v) is 17.4. The van der Waals surface area contributed by atoms with E-state index in [9.17, 15) is 18.0 Å². The van der Waals surface area contributed by atoms with Gasteiger partial charge in [0.25, 0.3) is 6.43 Å². The molecule has 1 aliphatic heterocycles. The molecule has 1 aromatic heterocycles. The predicted octanol–water partition coefficient (Wildman–Crippen LogP) is 4.99. The first-order valence-corrected chi connectivity index (χ1v) is 9.81. The van der Waals surface area contributed by atoms with Crippen LogP contribution in [0, 0.1) is 12.7 Å². The second kappa shape index (κ2) is 7.96. The lowest BCUT2D eigenvalue weighted by molar-refractivity contribution is -0.119. The number of nitrogens with one attached hydrogen (secondary N) is 1. The van der Waals surface area contributed by atoms with Crippen molar-refractivity contribution in [3.05, 3.63) is 53.0 Å². The van der Waals surface area contributed by atoms with E-state index in [0.717, 1.165) is 11.0 Å². The van der Waals surface area contributed by atoms with E-state index in [4.69, 9.17) is 8.22 Å². The van der Waals surface area contributed by atoms with Crippen molar-refractivity contribution >= 4 is 33.9 Å². The van der Waals surface area contributed by atoms with Crippen LogP contribution in [0.5, 0.6) is 0 Å². The van der Waals surface area contributed by atoms with E-state index < -0.39 is 49.7 Å². The van der Waals surface area contributed by atoms with Gasteiger partial charge in [-0.05, 0) is 32.9 Å². The van der Waals surface area contributed by atoms with E-state index in [0.29, 0.717) is 16.0 Å². The third-order valence-corrected chi connectivity index (χ3v) is 5.64. The van der Waals surface area contributed by atoms with Crippen LogP contribution in [0.2, 0.25) is 0 Å². The van der Waals surface area contributed by atoms with E-state index in [1.165, 1.54) is 38.1 Å². The average molecular weight is 450 g/mol. The molecule has 9 heteroatoms. The van der Waals surface area contributed by atoms with Crippen molar-refractivity contribution in [2.24, 2.45) is 0 Å². The van der Waals surface area contributed by atoms with Gasteiger partial charge >= 0.3 is 0 Å². The molecule has 1 amide bonds. The summed E-state index contributed by atoms with van der Waals surface area (Å²) < 4.78 is 89.0. The smallest absolute Gasteiger partial charge is 0.266 e. The van der Waals surface area contributed by atoms with Crippen LogP contribution in [0.1, 0.15) is 51.4 Å². The van der Waals surface area contributed by atoms with Crippen LogP contribution in [-0.4, -0.2) is 36.1 Å². The number of nitrogens with zero attached hydrogens (tertiary/aromatic N) is 4. The van der Waals surface area contributed by atoms with Gasteiger partial charge in [0.15, 0.2) is 5.82 Å². The molecular weight excluding hydrogens is 419 g/mol. The number of amides is 1. The largest absolute Gasteiger partial charge is 0.361 e. The van der Waals surface area contributed by atoms with E-state index >= 15 is 0 Å². The first-order chi connectivity index (χ1) is 17.5. The third-order valence-electron chi connectivity index (χ3n) is 5.64. The fourth-order valence-corrected chi connectivity index (χ4v) is 3.76. The number of rotatable bonds is 4. The van der Waals surface area contributed by atoms with Gasteiger partial charge in [-0.25, -0.2) is 13.2 Å². The molecule has 6 nitrogen and oxygen atoms in total. The van der Waals surface area contributed by atoms with Crippen LogP contribution in [0.3, 0.4) is 0 Å². The molecule has 1 unspecified atom stereocenters. The maximum absolute atomic E-state index is 14.8. The monoisotopic (exact) mass is 449 g/mol. The van der Waals surface area contributed by atoms with Gasteiger partial charge < -0.3 is 15.1 Å². The summed E-state index contributed by atoms with van der Waals surface area (Å²) in [5.74, 6) is -1.95. The molecule has 0 saturated heterocycles. The highest BCUT2D eigenvalue weighted by Crippen LogP contribution is 2.40. The minimum absolute atomic E-state index is 0.00787. The Balaban J connectivity index is 1.92. The van der Waals surface area contributed by atoms with Crippen LogP contribution < -0.4 is 15.1 Å². The van der Waals surface area contributed by atoms with Crippen LogP contribution in [-0.2, 0) is 4.79 Å². The van der Waals surface area contributed by atoms with Gasteiger partial charge in [0.1, 0.15) is 11.9 Å². The molecule has 0 saturated carbocycles. The number of carbonyl (C=O) groups excluding carboxylic acids is 1. The van der Waals surface area contributed by atoms with E-state index in [-0.39, 0.29) is 28.1 Å². The number of fused-ring (bicyclic) bond motifs is 2. The van der Waals surface area contributed by atoms with Gasteiger partial charge in [0.2, 0.25) is 5.91 Å². The molecule has 1 N–H and O–H groups in total. The summed E-state index contributed by atoms with van der Waals surface area (Å²) in [6.45, 7) is -1.25. The molecule has 0 spiro atoms. The lowest BCUT2D eigenvalue weighted by Crippen LogP contribution is -2.48. The van der Waals surface area contributed by atoms with Crippen molar-refractivity contribution in [1.29, 1.82) is 0 Å². The van der Waals surface area contributed by atoms with Crippen molar-refractivity contribution in [3.63, 3.8) is 0 Å². The van der Waals surface area contributed by atoms with E-state index in [1.54, 1.807) is 6.92 Å². The summed E-state index contributed by atoms with van der Waals surface area (Å²) in [5.41, 5.74) is -0.617. The third kappa shape index (κ3) is 3.41. The standard InChI is InChI=1S/C23H24F3N5O/c1-11(14-7-6-8-15(20(14)24)21(25)26)27-22-17-10-19-18(9-16(17)12(2)28-29-22)30(4)13(3)23(32)31(19)5/h6-11,13,21H,1-5H3,(H,27,29)/t11-,13?/m1/s1/i4D3,5D3. The zero-order valence-electron chi connectivity index (χ0n) is 23.4. The lowest BCUT2D eigenvalue weighted by atomic mass is 10.0. The molecule has 1 aliphatic rings. The maximum atomic E-state index is 14.8. The van der Waals surface area contributed by atoms with Crippen LogP contribution in [0.25, 0.3) is 10.8 Å². The first-order valence-electron chi connectivity index (χ1n) is 12.8. The number of aromatic nitrogens is 2. The molecule has 4 rings (SSSR count). The van der Waals surface area contributed by atoms with Crippen molar-refractivity contribution < 1.29 is 26.2 Å². The SMILES string of the molecule is [2H]C([2H])([2H])N1C(=O)C(C)N(C([2H])([2H])[2H])c2cc3c(C)nnc(N[C@H](C)c4cccc(C(F)F)c4F)c3cc21. The zero-order chi connectivity index (χ0) is 28.3. The van der Waals surface area contributed by atoms with Gasteiger partial charge in [0, 0.05) is 38.5 Å². The van der Waals surface area contributed by atoms with Gasteiger partial charge in [0.05, 0.1) is 28.7 Å². The topological polar surface area (TPSA) is 61.4 Å². The molecule has 2 atom stereocenters. The molecule has 32 heavy (non-hydrogen) atoms. The van der Waals surface area contributed by atoms with Gasteiger partial charge in [-0.1, -0.05) is 18.2 Å². The normalized spacial score (nSPS) is 20.7. The molecule has 0 aliphatic carbocycles. The Morgan fingerprint density at radius 1 is 1.12 bits per heavy atom.